The molecule has 0 aliphatic heterocycles. The fraction of sp³-hybridized carbons (Fsp3) is 0.625. The molecule has 0 aromatic heterocycles. The minimum Gasteiger partial charge on any atom is -0.313 e. The predicted octanol–water partition coefficient (Wildman–Crippen LogP) is 4.76. The van der Waals surface area contributed by atoms with Crippen LogP contribution < -0.4 is 5.32 Å². The summed E-state index contributed by atoms with van der Waals surface area (Å²) in [6.07, 6.45) is -2.87. The van der Waals surface area contributed by atoms with Crippen LogP contribution in [0.15, 0.2) is 18.2 Å². The highest BCUT2D eigenvalue weighted by Gasteiger charge is 2.42. The first-order valence-electron chi connectivity index (χ1n) is 7.33. The fourth-order valence-electron chi connectivity index (χ4n) is 3.33. The lowest BCUT2D eigenvalue weighted by atomic mass is 9.76. The van der Waals surface area contributed by atoms with Gasteiger partial charge in [0.25, 0.3) is 0 Å². The van der Waals surface area contributed by atoms with Gasteiger partial charge >= 0.3 is 6.18 Å². The van der Waals surface area contributed by atoms with E-state index in [4.69, 9.17) is 0 Å². The molecule has 1 nitrogen and oxygen atoms in total. The molecule has 2 rings (SSSR count). The van der Waals surface area contributed by atoms with Crippen LogP contribution in [0.3, 0.4) is 0 Å². The Balaban J connectivity index is 2.11. The van der Waals surface area contributed by atoms with E-state index in [-0.39, 0.29) is 30.6 Å². The van der Waals surface area contributed by atoms with Crippen molar-refractivity contribution in [1.82, 2.24) is 5.32 Å². The third-order valence-corrected chi connectivity index (χ3v) is 4.50. The molecule has 1 aromatic carbocycles. The topological polar surface area (TPSA) is 12.0 Å². The number of aryl methyl sites for hydroxylation is 1. The van der Waals surface area contributed by atoms with Crippen LogP contribution in [0.5, 0.6) is 0 Å². The Labute approximate surface area is 122 Å². The van der Waals surface area contributed by atoms with Gasteiger partial charge in [0.1, 0.15) is 5.82 Å². The van der Waals surface area contributed by atoms with Gasteiger partial charge in [-0.2, -0.15) is 13.2 Å². The highest BCUT2D eigenvalue weighted by molar-refractivity contribution is 5.27. The quantitative estimate of drug-likeness (QED) is 0.794. The summed E-state index contributed by atoms with van der Waals surface area (Å²) in [6, 6.07) is 4.69. The Morgan fingerprint density at radius 1 is 1.14 bits per heavy atom. The van der Waals surface area contributed by atoms with Crippen molar-refractivity contribution in [3.63, 3.8) is 0 Å². The van der Waals surface area contributed by atoms with Crippen LogP contribution in [-0.2, 0) is 0 Å². The Hall–Kier alpha value is -1.10. The first-order chi connectivity index (χ1) is 9.82. The van der Waals surface area contributed by atoms with Gasteiger partial charge in [0.05, 0.1) is 5.92 Å². The molecule has 1 aromatic rings. The maximum Gasteiger partial charge on any atom is 0.391 e. The number of hydrogen-bond acceptors (Lipinski definition) is 1. The zero-order chi connectivity index (χ0) is 15.6. The first kappa shape index (κ1) is 16.3. The lowest BCUT2D eigenvalue weighted by molar-refractivity contribution is -0.184. The number of rotatable bonds is 3. The standard InChI is InChI=1S/C16H21F4N/c1-10-3-8-14(17)13(9-10)15(21-2)11-4-6-12(7-5-11)16(18,19)20/h3,8-9,11-12,15,21H,4-7H2,1-2H3. The van der Waals surface area contributed by atoms with Crippen LogP contribution in [0.25, 0.3) is 0 Å². The molecule has 1 unspecified atom stereocenters. The van der Waals surface area contributed by atoms with Crippen molar-refractivity contribution in [2.75, 3.05) is 7.05 Å². The van der Waals surface area contributed by atoms with Gasteiger partial charge in [-0.25, -0.2) is 4.39 Å². The molecule has 0 radical (unpaired) electrons. The molecule has 5 heteroatoms. The van der Waals surface area contributed by atoms with E-state index in [0.29, 0.717) is 18.4 Å². The Kier molecular flexibility index (Phi) is 4.91. The van der Waals surface area contributed by atoms with E-state index >= 15 is 0 Å². The maximum atomic E-state index is 14.0. The summed E-state index contributed by atoms with van der Waals surface area (Å²) in [7, 11) is 1.74. The third kappa shape index (κ3) is 3.76. The molecule has 0 spiro atoms. The molecule has 1 aliphatic carbocycles. The normalized spacial score (nSPS) is 24.9. The van der Waals surface area contributed by atoms with Crippen LogP contribution >= 0.6 is 0 Å². The monoisotopic (exact) mass is 303 g/mol. The van der Waals surface area contributed by atoms with Gasteiger partial charge in [-0.1, -0.05) is 17.7 Å². The van der Waals surface area contributed by atoms with Gasteiger partial charge < -0.3 is 5.32 Å². The maximum absolute atomic E-state index is 14.0. The van der Waals surface area contributed by atoms with Crippen LogP contribution in [0.4, 0.5) is 17.6 Å². The second-order valence-corrected chi connectivity index (χ2v) is 5.94. The Bertz CT molecular complexity index is 476. The summed E-state index contributed by atoms with van der Waals surface area (Å²) in [5.41, 5.74) is 1.52. The third-order valence-electron chi connectivity index (χ3n) is 4.50. The lowest BCUT2D eigenvalue weighted by Crippen LogP contribution is -2.33. The largest absolute Gasteiger partial charge is 0.391 e. The van der Waals surface area contributed by atoms with Crippen molar-refractivity contribution in [1.29, 1.82) is 0 Å². The second kappa shape index (κ2) is 6.34. The fourth-order valence-corrected chi connectivity index (χ4v) is 3.33. The molecule has 0 heterocycles. The minimum atomic E-state index is -4.10. The molecule has 1 fully saturated rings. The Morgan fingerprint density at radius 2 is 1.76 bits per heavy atom. The molecule has 1 N–H and O–H groups in total. The van der Waals surface area contributed by atoms with Gasteiger partial charge in [0, 0.05) is 11.6 Å². The van der Waals surface area contributed by atoms with Gasteiger partial charge in [-0.05, 0) is 51.6 Å². The van der Waals surface area contributed by atoms with Crippen LogP contribution in [0.2, 0.25) is 0 Å². The van der Waals surface area contributed by atoms with Gasteiger partial charge in [-0.3, -0.25) is 0 Å². The molecule has 21 heavy (non-hydrogen) atoms. The number of nitrogens with one attached hydrogen (secondary N) is 1. The summed E-state index contributed by atoms with van der Waals surface area (Å²) >= 11 is 0. The van der Waals surface area contributed by atoms with Crippen molar-refractivity contribution in [2.24, 2.45) is 11.8 Å². The van der Waals surface area contributed by atoms with E-state index < -0.39 is 12.1 Å². The van der Waals surface area contributed by atoms with Gasteiger partial charge in [0.2, 0.25) is 0 Å². The molecular formula is C16H21F4N. The van der Waals surface area contributed by atoms with E-state index in [9.17, 15) is 17.6 Å². The highest BCUT2D eigenvalue weighted by atomic mass is 19.4. The summed E-state index contributed by atoms with van der Waals surface area (Å²) in [4.78, 5) is 0. The number of halogens is 4. The molecule has 0 saturated heterocycles. The number of alkyl halides is 3. The van der Waals surface area contributed by atoms with Crippen molar-refractivity contribution in [3.8, 4) is 0 Å². The molecule has 1 aliphatic rings. The average molecular weight is 303 g/mol. The van der Waals surface area contributed by atoms with Crippen molar-refractivity contribution < 1.29 is 17.6 Å². The first-order valence-corrected chi connectivity index (χ1v) is 7.33. The lowest BCUT2D eigenvalue weighted by Gasteiger charge is -2.35. The van der Waals surface area contributed by atoms with Crippen LogP contribution in [0, 0.1) is 24.6 Å². The Morgan fingerprint density at radius 3 is 2.29 bits per heavy atom. The van der Waals surface area contributed by atoms with Crippen molar-refractivity contribution in [3.05, 3.63) is 35.1 Å². The highest BCUT2D eigenvalue weighted by Crippen LogP contribution is 2.43. The minimum absolute atomic E-state index is 0.0462. The molecule has 1 saturated carbocycles. The molecular weight excluding hydrogens is 282 g/mol. The van der Waals surface area contributed by atoms with E-state index in [0.717, 1.165) is 5.56 Å². The van der Waals surface area contributed by atoms with Gasteiger partial charge in [0.15, 0.2) is 0 Å². The summed E-state index contributed by atoms with van der Waals surface area (Å²) in [6.45, 7) is 1.89. The number of hydrogen-bond donors (Lipinski definition) is 1. The van der Waals surface area contributed by atoms with E-state index in [1.54, 1.807) is 19.2 Å². The number of benzene rings is 1. The van der Waals surface area contributed by atoms with E-state index in [2.05, 4.69) is 5.32 Å². The van der Waals surface area contributed by atoms with Crippen LogP contribution in [-0.4, -0.2) is 13.2 Å². The van der Waals surface area contributed by atoms with Crippen molar-refractivity contribution in [2.45, 2.75) is 44.8 Å². The smallest absolute Gasteiger partial charge is 0.313 e. The zero-order valence-corrected chi connectivity index (χ0v) is 12.3. The van der Waals surface area contributed by atoms with E-state index in [1.807, 2.05) is 6.92 Å². The SMILES string of the molecule is CNC(c1cc(C)ccc1F)C1CCC(C(F)(F)F)CC1. The summed E-state index contributed by atoms with van der Waals surface area (Å²) < 4.78 is 52.2. The summed E-state index contributed by atoms with van der Waals surface area (Å²) in [5, 5.41) is 3.09. The predicted molar refractivity (Wildman–Crippen MR) is 74.4 cm³/mol. The average Bonchev–Trinajstić information content (AvgIpc) is 2.43. The zero-order valence-electron chi connectivity index (χ0n) is 12.3. The van der Waals surface area contributed by atoms with Crippen LogP contribution in [0.1, 0.15) is 42.9 Å². The van der Waals surface area contributed by atoms with E-state index in [1.165, 1.54) is 6.07 Å². The van der Waals surface area contributed by atoms with Crippen molar-refractivity contribution >= 4 is 0 Å². The molecule has 1 atom stereocenters. The molecule has 0 amide bonds. The molecule has 118 valence electrons. The van der Waals surface area contributed by atoms with Gasteiger partial charge in [-0.15, -0.1) is 0 Å². The molecule has 0 bridgehead atoms. The summed E-state index contributed by atoms with van der Waals surface area (Å²) in [5.74, 6) is -1.45. The second-order valence-electron chi connectivity index (χ2n) is 5.94.